The number of fused-ring (bicyclic) bond motifs is 1. The molecular weight excluding hydrogens is 240 g/mol. The van der Waals surface area contributed by atoms with Gasteiger partial charge in [0.25, 0.3) is 0 Å². The third kappa shape index (κ3) is 3.35. The van der Waals surface area contributed by atoms with Crippen molar-refractivity contribution in [3.63, 3.8) is 0 Å². The van der Waals surface area contributed by atoms with Crippen LogP contribution in [0, 0.1) is 0 Å². The van der Waals surface area contributed by atoms with Crippen LogP contribution in [-0.4, -0.2) is 23.4 Å². The first-order valence-electron chi connectivity index (χ1n) is 6.35. The summed E-state index contributed by atoms with van der Waals surface area (Å²) in [7, 11) is 1.79. The van der Waals surface area contributed by atoms with Gasteiger partial charge in [0.2, 0.25) is 5.91 Å². The lowest BCUT2D eigenvalue weighted by atomic mass is 10.0. The van der Waals surface area contributed by atoms with Crippen molar-refractivity contribution >= 4 is 16.9 Å². The van der Waals surface area contributed by atoms with E-state index in [0.717, 1.165) is 16.5 Å². The fourth-order valence-corrected chi connectivity index (χ4v) is 2.02. The Bertz CT molecular complexity index is 581. The van der Waals surface area contributed by atoms with E-state index in [1.54, 1.807) is 18.2 Å². The molecule has 102 valence electrons. The van der Waals surface area contributed by atoms with Crippen LogP contribution < -0.4 is 5.73 Å². The summed E-state index contributed by atoms with van der Waals surface area (Å²) in [6.45, 7) is 4.24. The number of nitrogens with zero attached hydrogens (tertiary/aromatic N) is 1. The van der Waals surface area contributed by atoms with Crippen molar-refractivity contribution in [3.8, 4) is 0 Å². The summed E-state index contributed by atoms with van der Waals surface area (Å²) in [5.74, 6) is 0.0396. The first-order chi connectivity index (χ1) is 8.87. The second-order valence-corrected chi connectivity index (χ2v) is 5.67. The maximum atomic E-state index is 12.0. The molecule has 0 aliphatic carbocycles. The van der Waals surface area contributed by atoms with Crippen molar-refractivity contribution in [1.82, 2.24) is 4.90 Å². The molecule has 4 nitrogen and oxygen atoms in total. The molecule has 0 bridgehead atoms. The van der Waals surface area contributed by atoms with E-state index in [0.29, 0.717) is 13.0 Å². The van der Waals surface area contributed by atoms with Crippen LogP contribution in [0.4, 0.5) is 0 Å². The van der Waals surface area contributed by atoms with Crippen LogP contribution >= 0.6 is 0 Å². The van der Waals surface area contributed by atoms with Gasteiger partial charge < -0.3 is 15.1 Å². The molecule has 2 N–H and O–H groups in total. The molecule has 0 atom stereocenters. The molecule has 0 saturated carbocycles. The van der Waals surface area contributed by atoms with Crippen molar-refractivity contribution in [3.05, 3.63) is 36.1 Å². The van der Waals surface area contributed by atoms with Crippen molar-refractivity contribution in [2.24, 2.45) is 5.73 Å². The lowest BCUT2D eigenvalue weighted by Gasteiger charge is -2.23. The summed E-state index contributed by atoms with van der Waals surface area (Å²) < 4.78 is 5.47. The number of amides is 1. The Morgan fingerprint density at radius 2 is 2.05 bits per heavy atom. The van der Waals surface area contributed by atoms with E-state index < -0.39 is 5.54 Å². The minimum Gasteiger partial charge on any atom is -0.464 e. The molecule has 1 aromatic heterocycles. The molecule has 2 rings (SSSR count). The van der Waals surface area contributed by atoms with E-state index in [9.17, 15) is 4.79 Å². The first kappa shape index (κ1) is 13.6. The summed E-state index contributed by atoms with van der Waals surface area (Å²) in [6.07, 6.45) is 2.04. The van der Waals surface area contributed by atoms with Gasteiger partial charge in [-0.2, -0.15) is 0 Å². The molecular formula is C15H20N2O2. The molecule has 0 unspecified atom stereocenters. The monoisotopic (exact) mass is 260 g/mol. The SMILES string of the molecule is CN(Cc1coc2ccccc12)C(=O)CC(C)(C)N. The highest BCUT2D eigenvalue weighted by Crippen LogP contribution is 2.22. The normalized spacial score (nSPS) is 11.8. The van der Waals surface area contributed by atoms with Crippen molar-refractivity contribution < 1.29 is 9.21 Å². The smallest absolute Gasteiger partial charge is 0.224 e. The van der Waals surface area contributed by atoms with Gasteiger partial charge >= 0.3 is 0 Å². The van der Waals surface area contributed by atoms with Crippen LogP contribution in [0.1, 0.15) is 25.8 Å². The minimum absolute atomic E-state index is 0.0396. The molecule has 1 amide bonds. The molecule has 0 saturated heterocycles. The Balaban J connectivity index is 2.10. The Morgan fingerprint density at radius 3 is 2.74 bits per heavy atom. The molecule has 1 heterocycles. The minimum atomic E-state index is -0.482. The first-order valence-corrected chi connectivity index (χ1v) is 6.35. The number of para-hydroxylation sites is 1. The van der Waals surface area contributed by atoms with Crippen LogP contribution in [-0.2, 0) is 11.3 Å². The summed E-state index contributed by atoms with van der Waals surface area (Å²) in [5, 5.41) is 1.05. The van der Waals surface area contributed by atoms with Crippen LogP contribution in [0.3, 0.4) is 0 Å². The molecule has 0 spiro atoms. The topological polar surface area (TPSA) is 59.5 Å². The highest BCUT2D eigenvalue weighted by atomic mass is 16.3. The number of benzene rings is 1. The molecule has 19 heavy (non-hydrogen) atoms. The third-order valence-electron chi connectivity index (χ3n) is 3.00. The standard InChI is InChI=1S/C15H20N2O2/c1-15(2,16)8-14(18)17(3)9-11-10-19-13-7-5-4-6-12(11)13/h4-7,10H,8-9,16H2,1-3H3. The van der Waals surface area contributed by atoms with Gasteiger partial charge in [0.1, 0.15) is 5.58 Å². The van der Waals surface area contributed by atoms with Crippen molar-refractivity contribution in [2.75, 3.05) is 7.05 Å². The van der Waals surface area contributed by atoms with Crippen molar-refractivity contribution in [1.29, 1.82) is 0 Å². The zero-order valence-electron chi connectivity index (χ0n) is 11.6. The van der Waals surface area contributed by atoms with E-state index >= 15 is 0 Å². The number of furan rings is 1. The molecule has 0 aliphatic rings. The van der Waals surface area contributed by atoms with Crippen LogP contribution in [0.25, 0.3) is 11.0 Å². The second kappa shape index (κ2) is 5.05. The van der Waals surface area contributed by atoms with Gasteiger partial charge in [0.05, 0.1) is 6.26 Å². The van der Waals surface area contributed by atoms with Gasteiger partial charge in [-0.15, -0.1) is 0 Å². The van der Waals surface area contributed by atoms with E-state index in [2.05, 4.69) is 0 Å². The molecule has 2 aromatic rings. The lowest BCUT2D eigenvalue weighted by molar-refractivity contribution is -0.131. The molecule has 0 aliphatic heterocycles. The summed E-state index contributed by atoms with van der Waals surface area (Å²) in [4.78, 5) is 13.7. The predicted molar refractivity (Wildman–Crippen MR) is 75.6 cm³/mol. The van der Waals surface area contributed by atoms with E-state index in [1.807, 2.05) is 38.1 Å². The number of carbonyl (C=O) groups excluding carboxylic acids is 1. The quantitative estimate of drug-likeness (QED) is 0.919. The largest absolute Gasteiger partial charge is 0.464 e. The van der Waals surface area contributed by atoms with Crippen LogP contribution in [0.5, 0.6) is 0 Å². The molecule has 1 aromatic carbocycles. The van der Waals surface area contributed by atoms with E-state index in [1.165, 1.54) is 0 Å². The summed E-state index contributed by atoms with van der Waals surface area (Å²) >= 11 is 0. The number of nitrogens with two attached hydrogens (primary N) is 1. The second-order valence-electron chi connectivity index (χ2n) is 5.67. The zero-order chi connectivity index (χ0) is 14.0. The highest BCUT2D eigenvalue weighted by Gasteiger charge is 2.20. The summed E-state index contributed by atoms with van der Waals surface area (Å²) in [6, 6.07) is 7.82. The van der Waals surface area contributed by atoms with Gasteiger partial charge in [-0.25, -0.2) is 0 Å². The Morgan fingerprint density at radius 1 is 1.37 bits per heavy atom. The average Bonchev–Trinajstić information content (AvgIpc) is 2.70. The number of rotatable bonds is 4. The highest BCUT2D eigenvalue weighted by molar-refractivity contribution is 5.82. The average molecular weight is 260 g/mol. The predicted octanol–water partition coefficient (Wildman–Crippen LogP) is 2.52. The van der Waals surface area contributed by atoms with Gasteiger partial charge in [-0.05, 0) is 19.9 Å². The van der Waals surface area contributed by atoms with Crippen LogP contribution in [0.2, 0.25) is 0 Å². The van der Waals surface area contributed by atoms with Crippen molar-refractivity contribution in [2.45, 2.75) is 32.4 Å². The Hall–Kier alpha value is -1.81. The number of hydrogen-bond donors (Lipinski definition) is 1. The maximum absolute atomic E-state index is 12.0. The Labute approximate surface area is 113 Å². The number of hydrogen-bond acceptors (Lipinski definition) is 3. The maximum Gasteiger partial charge on any atom is 0.224 e. The van der Waals surface area contributed by atoms with Gasteiger partial charge in [-0.1, -0.05) is 18.2 Å². The third-order valence-corrected chi connectivity index (χ3v) is 3.00. The summed E-state index contributed by atoms with van der Waals surface area (Å²) in [5.41, 5.74) is 7.25. The van der Waals surface area contributed by atoms with E-state index in [-0.39, 0.29) is 5.91 Å². The van der Waals surface area contributed by atoms with Gasteiger partial charge in [0, 0.05) is 36.5 Å². The zero-order valence-corrected chi connectivity index (χ0v) is 11.6. The van der Waals surface area contributed by atoms with Crippen LogP contribution in [0.15, 0.2) is 34.9 Å². The lowest BCUT2D eigenvalue weighted by Crippen LogP contribution is -2.39. The fraction of sp³-hybridized carbons (Fsp3) is 0.400. The molecule has 0 fully saturated rings. The van der Waals surface area contributed by atoms with Gasteiger partial charge in [0.15, 0.2) is 0 Å². The number of carbonyl (C=O) groups is 1. The molecule has 0 radical (unpaired) electrons. The Kier molecular flexibility index (Phi) is 3.62. The fourth-order valence-electron chi connectivity index (χ4n) is 2.02. The molecule has 4 heteroatoms. The van der Waals surface area contributed by atoms with E-state index in [4.69, 9.17) is 10.2 Å². The van der Waals surface area contributed by atoms with Gasteiger partial charge in [-0.3, -0.25) is 4.79 Å².